The van der Waals surface area contributed by atoms with E-state index in [0.717, 1.165) is 0 Å². The minimum absolute atomic E-state index is 0.243. The lowest BCUT2D eigenvalue weighted by Gasteiger charge is -2.09. The molecule has 0 aliphatic carbocycles. The first-order chi connectivity index (χ1) is 8.43. The Hall–Kier alpha value is -2.21. The molecule has 0 amide bonds. The van der Waals surface area contributed by atoms with Gasteiger partial charge in [0, 0.05) is 11.0 Å². The molecular formula is C10H8F3N3O2. The van der Waals surface area contributed by atoms with Crippen molar-refractivity contribution in [3.8, 4) is 0 Å². The van der Waals surface area contributed by atoms with Crippen LogP contribution in [0.15, 0.2) is 17.2 Å². The monoisotopic (exact) mass is 259 g/mol. The van der Waals surface area contributed by atoms with Gasteiger partial charge in [0.2, 0.25) is 0 Å². The van der Waals surface area contributed by atoms with Gasteiger partial charge in [-0.15, -0.1) is 0 Å². The molecule has 0 radical (unpaired) electrons. The van der Waals surface area contributed by atoms with Gasteiger partial charge in [0.25, 0.3) is 0 Å². The van der Waals surface area contributed by atoms with Crippen molar-refractivity contribution in [2.45, 2.75) is 18.9 Å². The van der Waals surface area contributed by atoms with Crippen LogP contribution in [0.4, 0.5) is 13.2 Å². The standard InChI is InChI=1S/C10H8F3N3O2/c11-7-4-9(13)8(12)2-5(7)1-6(15-16-14)3-10(17)18/h2,4,6H,1,3H2,(H,17,18). The maximum atomic E-state index is 13.3. The number of hydrogen-bond acceptors (Lipinski definition) is 2. The number of carboxylic acids is 1. The van der Waals surface area contributed by atoms with Gasteiger partial charge in [-0.1, -0.05) is 5.11 Å². The first-order valence-electron chi connectivity index (χ1n) is 4.83. The largest absolute Gasteiger partial charge is 0.481 e. The van der Waals surface area contributed by atoms with Crippen molar-refractivity contribution in [2.24, 2.45) is 5.11 Å². The average molecular weight is 259 g/mol. The van der Waals surface area contributed by atoms with E-state index in [1.807, 2.05) is 0 Å². The van der Waals surface area contributed by atoms with Crippen LogP contribution in [0.2, 0.25) is 0 Å². The number of aliphatic carboxylic acids is 1. The van der Waals surface area contributed by atoms with Gasteiger partial charge in [-0.3, -0.25) is 4.79 Å². The molecule has 1 aromatic carbocycles. The van der Waals surface area contributed by atoms with Crippen molar-refractivity contribution < 1.29 is 23.1 Å². The fourth-order valence-corrected chi connectivity index (χ4v) is 1.40. The van der Waals surface area contributed by atoms with Crippen LogP contribution in [-0.2, 0) is 11.2 Å². The third kappa shape index (κ3) is 3.67. The number of hydrogen-bond donors (Lipinski definition) is 1. The molecule has 0 aliphatic rings. The van der Waals surface area contributed by atoms with E-state index < -0.39 is 35.9 Å². The fourth-order valence-electron chi connectivity index (χ4n) is 1.40. The minimum Gasteiger partial charge on any atom is -0.481 e. The van der Waals surface area contributed by atoms with E-state index in [4.69, 9.17) is 10.6 Å². The van der Waals surface area contributed by atoms with Crippen molar-refractivity contribution in [1.29, 1.82) is 0 Å². The van der Waals surface area contributed by atoms with Crippen molar-refractivity contribution in [2.75, 3.05) is 0 Å². The lowest BCUT2D eigenvalue weighted by Crippen LogP contribution is -2.14. The van der Waals surface area contributed by atoms with Gasteiger partial charge in [-0.2, -0.15) is 0 Å². The SMILES string of the molecule is [N-]=[N+]=NC(CC(=O)O)Cc1cc(F)c(F)cc1F. The molecule has 0 spiro atoms. The van der Waals surface area contributed by atoms with Gasteiger partial charge >= 0.3 is 5.97 Å². The van der Waals surface area contributed by atoms with Crippen LogP contribution in [0.5, 0.6) is 0 Å². The van der Waals surface area contributed by atoms with Gasteiger partial charge in [0.15, 0.2) is 11.6 Å². The molecule has 1 rings (SSSR count). The van der Waals surface area contributed by atoms with E-state index in [2.05, 4.69) is 10.0 Å². The molecule has 0 fully saturated rings. The zero-order valence-electron chi connectivity index (χ0n) is 8.98. The van der Waals surface area contributed by atoms with Crippen LogP contribution in [-0.4, -0.2) is 17.1 Å². The molecule has 1 unspecified atom stereocenters. The molecule has 8 heteroatoms. The van der Waals surface area contributed by atoms with E-state index in [1.165, 1.54) is 0 Å². The summed E-state index contributed by atoms with van der Waals surface area (Å²) in [5.41, 5.74) is 7.99. The first kappa shape index (κ1) is 13.9. The number of nitrogens with zero attached hydrogens (tertiary/aromatic N) is 3. The molecule has 1 N–H and O–H groups in total. The highest BCUT2D eigenvalue weighted by atomic mass is 19.2. The predicted molar refractivity (Wildman–Crippen MR) is 55.2 cm³/mol. The van der Waals surface area contributed by atoms with Crippen LogP contribution >= 0.6 is 0 Å². The number of benzene rings is 1. The molecule has 0 saturated carbocycles. The van der Waals surface area contributed by atoms with Crippen LogP contribution in [0.3, 0.4) is 0 Å². The van der Waals surface area contributed by atoms with E-state index >= 15 is 0 Å². The second-order valence-corrected chi connectivity index (χ2v) is 3.52. The number of halogens is 3. The van der Waals surface area contributed by atoms with Gasteiger partial charge in [-0.05, 0) is 23.6 Å². The molecular weight excluding hydrogens is 251 g/mol. The number of azide groups is 1. The quantitative estimate of drug-likeness (QED) is 0.381. The topological polar surface area (TPSA) is 86.1 Å². The van der Waals surface area contributed by atoms with E-state index in [9.17, 15) is 18.0 Å². The highest BCUT2D eigenvalue weighted by Gasteiger charge is 2.17. The summed E-state index contributed by atoms with van der Waals surface area (Å²) < 4.78 is 38.8. The average Bonchev–Trinajstić information content (AvgIpc) is 2.25. The lowest BCUT2D eigenvalue weighted by atomic mass is 10.0. The summed E-state index contributed by atoms with van der Waals surface area (Å²) in [4.78, 5) is 12.9. The number of rotatable bonds is 5. The molecule has 0 heterocycles. The Balaban J connectivity index is 2.96. The summed E-state index contributed by atoms with van der Waals surface area (Å²) in [5, 5.41) is 11.7. The van der Waals surface area contributed by atoms with Gasteiger partial charge in [-0.25, -0.2) is 13.2 Å². The van der Waals surface area contributed by atoms with Crippen LogP contribution in [0, 0.1) is 17.5 Å². The predicted octanol–water partition coefficient (Wildman–Crippen LogP) is 2.80. The highest BCUT2D eigenvalue weighted by molar-refractivity contribution is 5.67. The van der Waals surface area contributed by atoms with Crippen molar-refractivity contribution >= 4 is 5.97 Å². The Morgan fingerprint density at radius 2 is 1.94 bits per heavy atom. The molecule has 0 aliphatic heterocycles. The zero-order valence-corrected chi connectivity index (χ0v) is 8.98. The number of carboxylic acid groups (broad SMARTS) is 1. The summed E-state index contributed by atoms with van der Waals surface area (Å²) in [6, 6.07) is -0.0859. The summed E-state index contributed by atoms with van der Waals surface area (Å²) in [6.07, 6.45) is -0.845. The Morgan fingerprint density at radius 3 is 2.50 bits per heavy atom. The fraction of sp³-hybridized carbons (Fsp3) is 0.300. The van der Waals surface area contributed by atoms with Crippen molar-refractivity contribution in [3.63, 3.8) is 0 Å². The Morgan fingerprint density at radius 1 is 1.33 bits per heavy atom. The van der Waals surface area contributed by atoms with E-state index in [-0.39, 0.29) is 12.0 Å². The number of carbonyl (C=O) groups is 1. The third-order valence-electron chi connectivity index (χ3n) is 2.17. The molecule has 1 aromatic rings. The lowest BCUT2D eigenvalue weighted by molar-refractivity contribution is -0.137. The van der Waals surface area contributed by atoms with E-state index in [0.29, 0.717) is 12.1 Å². The molecule has 5 nitrogen and oxygen atoms in total. The van der Waals surface area contributed by atoms with Crippen LogP contribution in [0.25, 0.3) is 10.4 Å². The first-order valence-corrected chi connectivity index (χ1v) is 4.83. The smallest absolute Gasteiger partial charge is 0.303 e. The maximum Gasteiger partial charge on any atom is 0.303 e. The normalized spacial score (nSPS) is 11.7. The molecule has 0 bridgehead atoms. The van der Waals surface area contributed by atoms with Crippen molar-refractivity contribution in [1.82, 2.24) is 0 Å². The second-order valence-electron chi connectivity index (χ2n) is 3.52. The summed E-state index contributed by atoms with van der Waals surface area (Å²) in [6.45, 7) is 0. The summed E-state index contributed by atoms with van der Waals surface area (Å²) >= 11 is 0. The molecule has 18 heavy (non-hydrogen) atoms. The van der Waals surface area contributed by atoms with Gasteiger partial charge in [0.1, 0.15) is 5.82 Å². The van der Waals surface area contributed by atoms with Gasteiger partial charge in [0.05, 0.1) is 12.5 Å². The molecule has 96 valence electrons. The molecule has 0 aromatic heterocycles. The Bertz CT molecular complexity index is 515. The molecule has 1 atom stereocenters. The second kappa shape index (κ2) is 5.92. The molecule has 0 saturated heterocycles. The third-order valence-corrected chi connectivity index (χ3v) is 2.17. The minimum atomic E-state index is -1.34. The van der Waals surface area contributed by atoms with Gasteiger partial charge < -0.3 is 5.11 Å². The highest BCUT2D eigenvalue weighted by Crippen LogP contribution is 2.17. The summed E-state index contributed by atoms with van der Waals surface area (Å²) in [5.74, 6) is -4.84. The Kier molecular flexibility index (Phi) is 4.56. The van der Waals surface area contributed by atoms with Crippen LogP contribution in [0.1, 0.15) is 12.0 Å². The van der Waals surface area contributed by atoms with E-state index in [1.54, 1.807) is 0 Å². The van der Waals surface area contributed by atoms with Crippen LogP contribution < -0.4 is 0 Å². The maximum absolute atomic E-state index is 13.3. The Labute approximate surface area is 99.5 Å². The zero-order chi connectivity index (χ0) is 13.7. The summed E-state index contributed by atoms with van der Waals surface area (Å²) in [7, 11) is 0. The van der Waals surface area contributed by atoms with Crippen molar-refractivity contribution in [3.05, 3.63) is 45.6 Å².